The molecule has 1 N–H and O–H groups in total. The lowest BCUT2D eigenvalue weighted by Gasteiger charge is -2.09. The number of hydrogen-bond donors (Lipinski definition) is 1. The summed E-state index contributed by atoms with van der Waals surface area (Å²) < 4.78 is 0. The number of aryl methyl sites for hydroxylation is 1. The summed E-state index contributed by atoms with van der Waals surface area (Å²) in [6, 6.07) is 11.7. The molecule has 1 atom stereocenters. The summed E-state index contributed by atoms with van der Waals surface area (Å²) in [5, 5.41) is 10.0. The Morgan fingerprint density at radius 1 is 1.12 bits per heavy atom. The van der Waals surface area contributed by atoms with E-state index in [2.05, 4.69) is 11.8 Å². The van der Waals surface area contributed by atoms with Crippen molar-refractivity contribution in [1.82, 2.24) is 0 Å². The van der Waals surface area contributed by atoms with Gasteiger partial charge in [-0.15, -0.1) is 0 Å². The van der Waals surface area contributed by atoms with Crippen molar-refractivity contribution >= 4 is 35.0 Å². The maximum absolute atomic E-state index is 12.0. The first kappa shape index (κ1) is 18.1. The van der Waals surface area contributed by atoms with Crippen LogP contribution < -0.4 is 0 Å². The molecule has 122 valence electrons. The zero-order valence-corrected chi connectivity index (χ0v) is 14.4. The number of rotatable bonds is 4. The first-order valence-corrected chi connectivity index (χ1v) is 7.91. The van der Waals surface area contributed by atoms with Gasteiger partial charge in [0, 0.05) is 12.0 Å². The van der Waals surface area contributed by atoms with E-state index in [9.17, 15) is 14.7 Å². The lowest BCUT2D eigenvalue weighted by atomic mass is 9.94. The van der Waals surface area contributed by atoms with E-state index in [0.29, 0.717) is 16.1 Å². The summed E-state index contributed by atoms with van der Waals surface area (Å²) in [5.41, 5.74) is 1.96. The molecule has 0 spiro atoms. The highest BCUT2D eigenvalue weighted by Gasteiger charge is 2.18. The van der Waals surface area contributed by atoms with Crippen molar-refractivity contribution in [1.29, 1.82) is 0 Å². The number of ketones is 1. The summed E-state index contributed by atoms with van der Waals surface area (Å²) in [5.74, 6) is 2.94. The molecule has 3 nitrogen and oxygen atoms in total. The average Bonchev–Trinajstić information content (AvgIpc) is 2.53. The van der Waals surface area contributed by atoms with Crippen LogP contribution >= 0.6 is 23.2 Å². The molecule has 0 amide bonds. The summed E-state index contributed by atoms with van der Waals surface area (Å²) in [7, 11) is 0. The molecule has 2 aromatic carbocycles. The normalized spacial score (nSPS) is 11.3. The molecule has 24 heavy (non-hydrogen) atoms. The van der Waals surface area contributed by atoms with E-state index < -0.39 is 17.7 Å². The predicted molar refractivity (Wildman–Crippen MR) is 94.7 cm³/mol. The lowest BCUT2D eigenvalue weighted by Crippen LogP contribution is -2.11. The molecule has 0 saturated heterocycles. The van der Waals surface area contributed by atoms with Gasteiger partial charge < -0.3 is 5.11 Å². The van der Waals surface area contributed by atoms with Gasteiger partial charge in [0.2, 0.25) is 5.78 Å². The Labute approximate surface area is 150 Å². The molecule has 0 bridgehead atoms. The summed E-state index contributed by atoms with van der Waals surface area (Å²) in [6.07, 6.45) is 0.0475. The van der Waals surface area contributed by atoms with Crippen molar-refractivity contribution in [2.75, 3.05) is 0 Å². The van der Waals surface area contributed by atoms with Crippen LogP contribution in [-0.2, 0) is 4.79 Å². The van der Waals surface area contributed by atoms with Crippen molar-refractivity contribution in [2.24, 2.45) is 0 Å². The Morgan fingerprint density at radius 3 is 2.50 bits per heavy atom. The summed E-state index contributed by atoms with van der Waals surface area (Å²) in [6.45, 7) is 1.89. The van der Waals surface area contributed by atoms with Crippen LogP contribution in [0.25, 0.3) is 0 Å². The van der Waals surface area contributed by atoms with Crippen LogP contribution in [-0.4, -0.2) is 16.9 Å². The molecule has 2 rings (SSSR count). The highest BCUT2D eigenvalue weighted by Crippen LogP contribution is 2.23. The lowest BCUT2D eigenvalue weighted by molar-refractivity contribution is -0.138. The number of Topliss-reactive ketones (excluding diaryl/α,β-unsaturated/α-hetero) is 1. The fourth-order valence-electron chi connectivity index (χ4n) is 2.18. The van der Waals surface area contributed by atoms with Gasteiger partial charge in [0.1, 0.15) is 0 Å². The summed E-state index contributed by atoms with van der Waals surface area (Å²) >= 11 is 11.7. The zero-order valence-electron chi connectivity index (χ0n) is 12.8. The van der Waals surface area contributed by atoms with Crippen LogP contribution in [0, 0.1) is 18.8 Å². The number of hydrogen-bond acceptors (Lipinski definition) is 2. The van der Waals surface area contributed by atoms with E-state index in [1.807, 2.05) is 13.0 Å². The van der Waals surface area contributed by atoms with Gasteiger partial charge in [0.05, 0.1) is 16.0 Å². The average molecular weight is 361 g/mol. The number of carboxylic acids is 1. The van der Waals surface area contributed by atoms with Gasteiger partial charge >= 0.3 is 5.97 Å². The number of carboxylic acid groups (broad SMARTS) is 1. The highest BCUT2D eigenvalue weighted by atomic mass is 35.5. The first-order chi connectivity index (χ1) is 11.4. The van der Waals surface area contributed by atoms with Gasteiger partial charge in [-0.1, -0.05) is 59.0 Å². The fraction of sp³-hybridized carbons (Fsp3) is 0.158. The van der Waals surface area contributed by atoms with Gasteiger partial charge in [-0.05, 0) is 36.6 Å². The minimum atomic E-state index is -0.975. The molecule has 0 saturated carbocycles. The van der Waals surface area contributed by atoms with Gasteiger partial charge in [-0.25, -0.2) is 0 Å². The molecule has 0 fully saturated rings. The van der Waals surface area contributed by atoms with Gasteiger partial charge in [0.15, 0.2) is 0 Å². The quantitative estimate of drug-likeness (QED) is 0.486. The molecule has 5 heteroatoms. The largest absolute Gasteiger partial charge is 0.481 e. The Hall–Kier alpha value is -2.28. The van der Waals surface area contributed by atoms with Crippen LogP contribution in [0.5, 0.6) is 0 Å². The molecule has 0 aliphatic heterocycles. The minimum Gasteiger partial charge on any atom is -0.481 e. The van der Waals surface area contributed by atoms with Crippen LogP contribution in [0.4, 0.5) is 0 Å². The third-order valence-electron chi connectivity index (χ3n) is 3.43. The maximum atomic E-state index is 12.0. The maximum Gasteiger partial charge on any atom is 0.311 e. The van der Waals surface area contributed by atoms with Crippen molar-refractivity contribution < 1.29 is 14.7 Å². The zero-order chi connectivity index (χ0) is 17.7. The monoisotopic (exact) mass is 360 g/mol. The third-order valence-corrected chi connectivity index (χ3v) is 4.17. The minimum absolute atomic E-state index is 0.0475. The second kappa shape index (κ2) is 8.01. The molecule has 0 heterocycles. The SMILES string of the molecule is Cc1cccc([C@H](CC#CC(=O)c2ccc(Cl)c(Cl)c2)C(=O)O)c1. The van der Waals surface area contributed by atoms with E-state index in [1.54, 1.807) is 18.2 Å². The molecule has 0 radical (unpaired) electrons. The van der Waals surface area contributed by atoms with Crippen molar-refractivity contribution in [3.8, 4) is 11.8 Å². The number of halogens is 2. The number of carbonyl (C=O) groups excluding carboxylic acids is 1. The second-order valence-corrected chi connectivity index (χ2v) is 6.08. The van der Waals surface area contributed by atoms with Crippen LogP contribution in [0.2, 0.25) is 10.0 Å². The number of aliphatic carboxylic acids is 1. The van der Waals surface area contributed by atoms with Crippen LogP contribution in [0.3, 0.4) is 0 Å². The Kier molecular flexibility index (Phi) is 6.03. The van der Waals surface area contributed by atoms with Crippen LogP contribution in [0.1, 0.15) is 33.8 Å². The summed E-state index contributed by atoms with van der Waals surface area (Å²) in [4.78, 5) is 23.5. The molecule has 0 aromatic heterocycles. The molecular formula is C19H14Cl2O3. The van der Waals surface area contributed by atoms with E-state index >= 15 is 0 Å². The highest BCUT2D eigenvalue weighted by molar-refractivity contribution is 6.42. The fourth-order valence-corrected chi connectivity index (χ4v) is 2.48. The third kappa shape index (κ3) is 4.61. The number of benzene rings is 2. The number of carbonyl (C=O) groups is 2. The predicted octanol–water partition coefficient (Wildman–Crippen LogP) is 4.75. The van der Waals surface area contributed by atoms with Crippen LogP contribution in [0.15, 0.2) is 42.5 Å². The Bertz CT molecular complexity index is 847. The Balaban J connectivity index is 2.15. The second-order valence-electron chi connectivity index (χ2n) is 5.27. The molecule has 0 unspecified atom stereocenters. The van der Waals surface area contributed by atoms with E-state index in [0.717, 1.165) is 5.56 Å². The van der Waals surface area contributed by atoms with Crippen molar-refractivity contribution in [2.45, 2.75) is 19.3 Å². The van der Waals surface area contributed by atoms with Gasteiger partial charge in [-0.2, -0.15) is 0 Å². The molecule has 0 aliphatic carbocycles. The molecule has 0 aliphatic rings. The Morgan fingerprint density at radius 2 is 1.88 bits per heavy atom. The van der Waals surface area contributed by atoms with Gasteiger partial charge in [-0.3, -0.25) is 9.59 Å². The van der Waals surface area contributed by atoms with E-state index in [-0.39, 0.29) is 11.4 Å². The van der Waals surface area contributed by atoms with Crippen molar-refractivity contribution in [3.63, 3.8) is 0 Å². The van der Waals surface area contributed by atoms with E-state index in [4.69, 9.17) is 23.2 Å². The van der Waals surface area contributed by atoms with Crippen molar-refractivity contribution in [3.05, 3.63) is 69.2 Å². The molecular weight excluding hydrogens is 347 g/mol. The van der Waals surface area contributed by atoms with E-state index in [1.165, 1.54) is 18.2 Å². The topological polar surface area (TPSA) is 54.4 Å². The smallest absolute Gasteiger partial charge is 0.311 e. The van der Waals surface area contributed by atoms with Gasteiger partial charge in [0.25, 0.3) is 0 Å². The standard InChI is InChI=1S/C19H14Cl2O3/c1-12-4-2-5-13(10-12)15(19(23)24)6-3-7-18(22)14-8-9-16(20)17(21)11-14/h2,4-5,8-11,15H,6H2,1H3,(H,23,24)/t15-/m0/s1. The first-order valence-electron chi connectivity index (χ1n) is 7.16. The molecule has 2 aromatic rings.